The average Bonchev–Trinajstić information content (AvgIpc) is 2.39. The number of nitrogens with zero attached hydrogens (tertiary/aromatic N) is 1. The lowest BCUT2D eigenvalue weighted by Gasteiger charge is -2.08. The third-order valence-corrected chi connectivity index (χ3v) is 3.42. The first-order chi connectivity index (χ1) is 8.72. The SMILES string of the molecule is CCc1c(C)[nH]c2c(ccc3ncccc32)c1=O. The van der Waals surface area contributed by atoms with Gasteiger partial charge < -0.3 is 4.98 Å². The van der Waals surface area contributed by atoms with Gasteiger partial charge in [-0.25, -0.2) is 0 Å². The van der Waals surface area contributed by atoms with Gasteiger partial charge in [0.1, 0.15) is 0 Å². The van der Waals surface area contributed by atoms with E-state index in [-0.39, 0.29) is 5.43 Å². The molecule has 0 spiro atoms. The van der Waals surface area contributed by atoms with E-state index in [1.807, 2.05) is 38.1 Å². The van der Waals surface area contributed by atoms with Crippen molar-refractivity contribution in [3.63, 3.8) is 0 Å². The van der Waals surface area contributed by atoms with Crippen molar-refractivity contribution in [2.45, 2.75) is 20.3 Å². The number of H-pyrrole nitrogens is 1. The molecule has 0 bridgehead atoms. The Labute approximate surface area is 104 Å². The van der Waals surface area contributed by atoms with Crippen LogP contribution in [-0.2, 0) is 6.42 Å². The summed E-state index contributed by atoms with van der Waals surface area (Å²) in [5.74, 6) is 0. The summed E-state index contributed by atoms with van der Waals surface area (Å²) in [6.45, 7) is 3.96. The summed E-state index contributed by atoms with van der Waals surface area (Å²) in [5.41, 5.74) is 3.75. The van der Waals surface area contributed by atoms with Gasteiger partial charge in [-0.15, -0.1) is 0 Å². The zero-order valence-electron chi connectivity index (χ0n) is 10.4. The van der Waals surface area contributed by atoms with Crippen molar-refractivity contribution in [1.82, 2.24) is 9.97 Å². The summed E-state index contributed by atoms with van der Waals surface area (Å²) in [6.07, 6.45) is 2.52. The van der Waals surface area contributed by atoms with Crippen LogP contribution in [0.4, 0.5) is 0 Å². The van der Waals surface area contributed by atoms with E-state index in [0.717, 1.165) is 39.5 Å². The number of fused-ring (bicyclic) bond motifs is 3. The van der Waals surface area contributed by atoms with E-state index < -0.39 is 0 Å². The molecule has 2 heterocycles. The molecule has 0 unspecified atom stereocenters. The number of aryl methyl sites for hydroxylation is 1. The summed E-state index contributed by atoms with van der Waals surface area (Å²) in [7, 11) is 0. The van der Waals surface area contributed by atoms with Crippen LogP contribution in [0.2, 0.25) is 0 Å². The van der Waals surface area contributed by atoms with E-state index in [4.69, 9.17) is 0 Å². The second-order valence-electron chi connectivity index (χ2n) is 4.47. The number of hydrogen-bond acceptors (Lipinski definition) is 2. The van der Waals surface area contributed by atoms with Crippen molar-refractivity contribution < 1.29 is 0 Å². The van der Waals surface area contributed by atoms with Crippen LogP contribution in [0.25, 0.3) is 21.8 Å². The molecule has 0 saturated heterocycles. The van der Waals surface area contributed by atoms with Crippen molar-refractivity contribution in [3.05, 3.63) is 51.9 Å². The molecule has 0 atom stereocenters. The minimum Gasteiger partial charge on any atom is -0.358 e. The molecule has 2 aromatic heterocycles. The van der Waals surface area contributed by atoms with Crippen LogP contribution in [-0.4, -0.2) is 9.97 Å². The largest absolute Gasteiger partial charge is 0.358 e. The summed E-state index contributed by atoms with van der Waals surface area (Å²) >= 11 is 0. The quantitative estimate of drug-likeness (QED) is 0.662. The van der Waals surface area contributed by atoms with Crippen molar-refractivity contribution in [2.24, 2.45) is 0 Å². The molecule has 3 heteroatoms. The van der Waals surface area contributed by atoms with E-state index >= 15 is 0 Å². The second kappa shape index (κ2) is 3.95. The lowest BCUT2D eigenvalue weighted by molar-refractivity contribution is 1.05. The number of aromatic amines is 1. The van der Waals surface area contributed by atoms with Crippen molar-refractivity contribution in [2.75, 3.05) is 0 Å². The van der Waals surface area contributed by atoms with Crippen molar-refractivity contribution in [3.8, 4) is 0 Å². The van der Waals surface area contributed by atoms with Crippen molar-refractivity contribution >= 4 is 21.8 Å². The third kappa shape index (κ3) is 1.44. The molecule has 0 saturated carbocycles. The van der Waals surface area contributed by atoms with Gasteiger partial charge in [-0.3, -0.25) is 9.78 Å². The zero-order chi connectivity index (χ0) is 12.7. The molecule has 3 nitrogen and oxygen atoms in total. The van der Waals surface area contributed by atoms with Gasteiger partial charge in [0.05, 0.1) is 11.0 Å². The summed E-state index contributed by atoms with van der Waals surface area (Å²) < 4.78 is 0. The van der Waals surface area contributed by atoms with Crippen LogP contribution < -0.4 is 5.43 Å². The Hall–Kier alpha value is -2.16. The van der Waals surface area contributed by atoms with Crippen LogP contribution in [0.1, 0.15) is 18.2 Å². The molecule has 0 aliphatic carbocycles. The molecule has 0 amide bonds. The molecule has 0 radical (unpaired) electrons. The topological polar surface area (TPSA) is 45.8 Å². The number of rotatable bonds is 1. The Kier molecular flexibility index (Phi) is 2.40. The molecule has 0 aliphatic heterocycles. The maximum absolute atomic E-state index is 12.4. The fourth-order valence-corrected chi connectivity index (χ4v) is 2.50. The molecular weight excluding hydrogens is 224 g/mol. The maximum atomic E-state index is 12.4. The van der Waals surface area contributed by atoms with Crippen LogP contribution in [0.15, 0.2) is 35.3 Å². The summed E-state index contributed by atoms with van der Waals surface area (Å²) in [6, 6.07) is 7.65. The highest BCUT2D eigenvalue weighted by Gasteiger charge is 2.09. The first-order valence-corrected chi connectivity index (χ1v) is 6.11. The predicted octanol–water partition coefficient (Wildman–Crippen LogP) is 2.95. The van der Waals surface area contributed by atoms with Crippen molar-refractivity contribution in [1.29, 1.82) is 0 Å². The molecule has 0 aliphatic rings. The molecule has 90 valence electrons. The molecule has 18 heavy (non-hydrogen) atoms. The fraction of sp³-hybridized carbons (Fsp3) is 0.200. The lowest BCUT2D eigenvalue weighted by atomic mass is 10.0. The maximum Gasteiger partial charge on any atom is 0.192 e. The number of nitrogens with one attached hydrogen (secondary N) is 1. The average molecular weight is 238 g/mol. The predicted molar refractivity (Wildman–Crippen MR) is 74.0 cm³/mol. The molecular formula is C15H14N2O. The molecule has 1 aromatic carbocycles. The summed E-state index contributed by atoms with van der Waals surface area (Å²) in [5, 5.41) is 1.75. The number of hydrogen-bond donors (Lipinski definition) is 1. The van der Waals surface area contributed by atoms with E-state index in [9.17, 15) is 4.79 Å². The van der Waals surface area contributed by atoms with Gasteiger partial charge in [0.25, 0.3) is 0 Å². The highest BCUT2D eigenvalue weighted by molar-refractivity contribution is 6.03. The Morgan fingerprint density at radius 2 is 2.06 bits per heavy atom. The van der Waals surface area contributed by atoms with Gasteiger partial charge in [0, 0.05) is 28.2 Å². The first kappa shape index (κ1) is 11.0. The van der Waals surface area contributed by atoms with Gasteiger partial charge in [-0.2, -0.15) is 0 Å². The van der Waals surface area contributed by atoms with Crippen LogP contribution >= 0.6 is 0 Å². The standard InChI is InChI=1S/C15H14N2O/c1-3-10-9(2)17-14-11-5-4-8-16-13(11)7-6-12(14)15(10)18/h4-8H,3H2,1-2H3,(H,17,18). The Morgan fingerprint density at radius 1 is 1.22 bits per heavy atom. The van der Waals surface area contributed by atoms with Gasteiger partial charge in [0.15, 0.2) is 5.43 Å². The van der Waals surface area contributed by atoms with Gasteiger partial charge in [-0.05, 0) is 37.6 Å². The zero-order valence-corrected chi connectivity index (χ0v) is 10.4. The minimum absolute atomic E-state index is 0.134. The van der Waals surface area contributed by atoms with E-state index in [1.165, 1.54) is 0 Å². The van der Waals surface area contributed by atoms with E-state index in [2.05, 4.69) is 9.97 Å². The smallest absolute Gasteiger partial charge is 0.192 e. The molecule has 3 aromatic rings. The van der Waals surface area contributed by atoms with Crippen LogP contribution in [0.3, 0.4) is 0 Å². The van der Waals surface area contributed by atoms with Gasteiger partial charge in [-0.1, -0.05) is 6.92 Å². The number of benzene rings is 1. The highest BCUT2D eigenvalue weighted by Crippen LogP contribution is 2.21. The lowest BCUT2D eigenvalue weighted by Crippen LogP contribution is -2.12. The molecule has 0 fully saturated rings. The van der Waals surface area contributed by atoms with Gasteiger partial charge >= 0.3 is 0 Å². The fourth-order valence-electron chi connectivity index (χ4n) is 2.50. The summed E-state index contributed by atoms with van der Waals surface area (Å²) in [4.78, 5) is 20.0. The first-order valence-electron chi connectivity index (χ1n) is 6.11. The monoisotopic (exact) mass is 238 g/mol. The molecule has 3 rings (SSSR count). The Bertz CT molecular complexity index is 803. The number of aromatic nitrogens is 2. The second-order valence-corrected chi connectivity index (χ2v) is 4.47. The normalized spacial score (nSPS) is 11.2. The van der Waals surface area contributed by atoms with Gasteiger partial charge in [0.2, 0.25) is 0 Å². The molecule has 1 N–H and O–H groups in total. The minimum atomic E-state index is 0.134. The van der Waals surface area contributed by atoms with Crippen LogP contribution in [0, 0.1) is 6.92 Å². The number of pyridine rings is 2. The van der Waals surface area contributed by atoms with Crippen LogP contribution in [0.5, 0.6) is 0 Å². The Morgan fingerprint density at radius 3 is 2.83 bits per heavy atom. The van der Waals surface area contributed by atoms with E-state index in [1.54, 1.807) is 6.20 Å². The third-order valence-electron chi connectivity index (χ3n) is 3.42. The van der Waals surface area contributed by atoms with E-state index in [0.29, 0.717) is 0 Å². The Balaban J connectivity index is 2.57. The highest BCUT2D eigenvalue weighted by atomic mass is 16.1.